The van der Waals surface area contributed by atoms with Gasteiger partial charge in [-0.2, -0.15) is 0 Å². The zero-order valence-corrected chi connectivity index (χ0v) is 11.8. The molecule has 1 saturated carbocycles. The van der Waals surface area contributed by atoms with Crippen molar-refractivity contribution in [3.8, 4) is 0 Å². The van der Waals surface area contributed by atoms with Crippen molar-refractivity contribution in [2.45, 2.75) is 46.1 Å². The van der Waals surface area contributed by atoms with Crippen molar-refractivity contribution < 1.29 is 0 Å². The predicted octanol–water partition coefficient (Wildman–Crippen LogP) is 4.14. The van der Waals surface area contributed by atoms with E-state index in [0.29, 0.717) is 11.5 Å². The van der Waals surface area contributed by atoms with Gasteiger partial charge in [0.05, 0.1) is 11.4 Å². The summed E-state index contributed by atoms with van der Waals surface area (Å²) in [5, 5.41) is 3.64. The second kappa shape index (κ2) is 4.36. The van der Waals surface area contributed by atoms with Gasteiger partial charge in [0.1, 0.15) is 4.60 Å². The van der Waals surface area contributed by atoms with Crippen molar-refractivity contribution in [1.29, 1.82) is 0 Å². The van der Waals surface area contributed by atoms with Crippen LogP contribution in [0.25, 0.3) is 0 Å². The van der Waals surface area contributed by atoms with Gasteiger partial charge in [-0.3, -0.25) is 0 Å². The third-order valence-electron chi connectivity index (χ3n) is 3.64. The molecule has 0 radical (unpaired) electrons. The van der Waals surface area contributed by atoms with E-state index in [9.17, 15) is 0 Å². The van der Waals surface area contributed by atoms with Crippen LogP contribution in [0.1, 0.15) is 38.8 Å². The summed E-state index contributed by atoms with van der Waals surface area (Å²) in [6.07, 6.45) is 3.91. The van der Waals surface area contributed by atoms with Gasteiger partial charge in [-0.1, -0.05) is 20.3 Å². The van der Waals surface area contributed by atoms with Crippen LogP contribution in [0.3, 0.4) is 0 Å². The van der Waals surface area contributed by atoms with Crippen LogP contribution in [0.2, 0.25) is 0 Å². The number of anilines is 1. The van der Waals surface area contributed by atoms with Crippen LogP contribution in [0.5, 0.6) is 0 Å². The Morgan fingerprint density at radius 3 is 2.75 bits per heavy atom. The second-order valence-corrected chi connectivity index (χ2v) is 6.16. The van der Waals surface area contributed by atoms with Gasteiger partial charge in [0.2, 0.25) is 0 Å². The molecule has 0 aromatic carbocycles. The number of nitrogens with one attached hydrogen (secondary N) is 1. The van der Waals surface area contributed by atoms with E-state index in [1.165, 1.54) is 24.9 Å². The lowest BCUT2D eigenvalue weighted by atomic mass is 9.87. The molecule has 1 N–H and O–H groups in total. The Bertz CT molecular complexity index is 388. The maximum absolute atomic E-state index is 4.42. The molecule has 0 spiro atoms. The Hall–Kier alpha value is -0.570. The van der Waals surface area contributed by atoms with Crippen molar-refractivity contribution in [2.24, 2.45) is 5.41 Å². The van der Waals surface area contributed by atoms with Crippen LogP contribution in [0.4, 0.5) is 5.69 Å². The molecule has 3 heteroatoms. The highest BCUT2D eigenvalue weighted by Gasteiger charge is 2.34. The Balaban J connectivity index is 2.15. The fourth-order valence-corrected chi connectivity index (χ4v) is 2.86. The maximum atomic E-state index is 4.42. The second-order valence-electron chi connectivity index (χ2n) is 5.34. The van der Waals surface area contributed by atoms with E-state index in [1.54, 1.807) is 0 Å². The highest BCUT2D eigenvalue weighted by atomic mass is 79.9. The van der Waals surface area contributed by atoms with E-state index >= 15 is 0 Å². The molecule has 16 heavy (non-hydrogen) atoms. The molecule has 0 amide bonds. The summed E-state index contributed by atoms with van der Waals surface area (Å²) in [4.78, 5) is 4.42. The molecule has 1 aromatic rings. The number of nitrogens with zero attached hydrogens (tertiary/aromatic N) is 1. The van der Waals surface area contributed by atoms with Gasteiger partial charge >= 0.3 is 0 Å². The summed E-state index contributed by atoms with van der Waals surface area (Å²) in [5.41, 5.74) is 2.64. The average Bonchev–Trinajstić information content (AvgIpc) is 2.50. The minimum Gasteiger partial charge on any atom is -0.380 e. The van der Waals surface area contributed by atoms with Crippen LogP contribution in [0, 0.1) is 12.3 Å². The summed E-state index contributed by atoms with van der Waals surface area (Å²) in [5.74, 6) is 0. The molecule has 1 aliphatic carbocycles. The normalized spacial score (nSPS) is 23.4. The fourth-order valence-electron chi connectivity index (χ4n) is 2.46. The Morgan fingerprint density at radius 1 is 1.44 bits per heavy atom. The SMILES string of the molecule is Cc1nc(Br)ccc1NC1CCCC1(C)C. The van der Waals surface area contributed by atoms with Crippen LogP contribution >= 0.6 is 15.9 Å². The first-order valence-electron chi connectivity index (χ1n) is 5.89. The van der Waals surface area contributed by atoms with E-state index in [2.05, 4.69) is 53.1 Å². The van der Waals surface area contributed by atoms with Gasteiger partial charge in [0.25, 0.3) is 0 Å². The molecule has 1 fully saturated rings. The highest BCUT2D eigenvalue weighted by Crippen LogP contribution is 2.39. The monoisotopic (exact) mass is 282 g/mol. The number of aromatic nitrogens is 1. The van der Waals surface area contributed by atoms with E-state index in [4.69, 9.17) is 0 Å². The van der Waals surface area contributed by atoms with Crippen molar-refractivity contribution in [1.82, 2.24) is 4.98 Å². The molecule has 1 atom stereocenters. The smallest absolute Gasteiger partial charge is 0.106 e. The van der Waals surface area contributed by atoms with Crippen LogP contribution in [-0.2, 0) is 0 Å². The Labute approximate surface area is 106 Å². The number of aryl methyl sites for hydroxylation is 1. The van der Waals surface area contributed by atoms with E-state index in [1.807, 2.05) is 6.07 Å². The molecule has 1 aromatic heterocycles. The minimum absolute atomic E-state index is 0.402. The average molecular weight is 283 g/mol. The lowest BCUT2D eigenvalue weighted by Gasteiger charge is -2.29. The van der Waals surface area contributed by atoms with Crippen molar-refractivity contribution in [3.05, 3.63) is 22.4 Å². The fraction of sp³-hybridized carbons (Fsp3) is 0.615. The molecular weight excluding hydrogens is 264 g/mol. The van der Waals surface area contributed by atoms with Gasteiger partial charge in [-0.15, -0.1) is 0 Å². The first kappa shape index (κ1) is 11.9. The van der Waals surface area contributed by atoms with Crippen molar-refractivity contribution in [3.63, 3.8) is 0 Å². The standard InChI is InChI=1S/C13H19BrN2/c1-9-10(6-7-12(14)15-9)16-11-5-4-8-13(11,2)3/h6-7,11,16H,4-5,8H2,1-3H3. The molecule has 0 bridgehead atoms. The number of pyridine rings is 1. The number of hydrogen-bond acceptors (Lipinski definition) is 2. The summed E-state index contributed by atoms with van der Waals surface area (Å²) in [7, 11) is 0. The predicted molar refractivity (Wildman–Crippen MR) is 71.7 cm³/mol. The summed E-state index contributed by atoms with van der Waals surface area (Å²) < 4.78 is 0.904. The largest absolute Gasteiger partial charge is 0.380 e. The van der Waals surface area contributed by atoms with E-state index in [0.717, 1.165) is 10.3 Å². The maximum Gasteiger partial charge on any atom is 0.106 e. The highest BCUT2D eigenvalue weighted by molar-refractivity contribution is 9.10. The minimum atomic E-state index is 0.402. The lowest BCUT2D eigenvalue weighted by molar-refractivity contribution is 0.350. The Morgan fingerprint density at radius 2 is 2.19 bits per heavy atom. The first-order chi connectivity index (χ1) is 7.49. The third-order valence-corrected chi connectivity index (χ3v) is 4.08. The molecule has 88 valence electrons. The number of rotatable bonds is 2. The zero-order chi connectivity index (χ0) is 11.8. The number of halogens is 1. The molecule has 1 heterocycles. The molecule has 0 saturated heterocycles. The van der Waals surface area contributed by atoms with Gasteiger partial charge in [0, 0.05) is 6.04 Å². The summed E-state index contributed by atoms with van der Waals surface area (Å²) in [6, 6.07) is 4.69. The van der Waals surface area contributed by atoms with Gasteiger partial charge in [-0.05, 0) is 53.2 Å². The molecule has 0 aliphatic heterocycles. The van der Waals surface area contributed by atoms with Gasteiger partial charge in [0.15, 0.2) is 0 Å². The molecule has 2 rings (SSSR count). The summed E-state index contributed by atoms with van der Waals surface area (Å²) >= 11 is 3.39. The van der Waals surface area contributed by atoms with Crippen LogP contribution < -0.4 is 5.32 Å². The quantitative estimate of drug-likeness (QED) is 0.825. The summed E-state index contributed by atoms with van der Waals surface area (Å²) in [6.45, 7) is 6.74. The Kier molecular flexibility index (Phi) is 3.24. The van der Waals surface area contributed by atoms with Crippen molar-refractivity contribution >= 4 is 21.6 Å². The van der Waals surface area contributed by atoms with Gasteiger partial charge < -0.3 is 5.32 Å². The molecular formula is C13H19BrN2. The zero-order valence-electron chi connectivity index (χ0n) is 10.2. The topological polar surface area (TPSA) is 24.9 Å². The van der Waals surface area contributed by atoms with Crippen LogP contribution in [0.15, 0.2) is 16.7 Å². The van der Waals surface area contributed by atoms with E-state index < -0.39 is 0 Å². The molecule has 1 unspecified atom stereocenters. The van der Waals surface area contributed by atoms with Crippen molar-refractivity contribution in [2.75, 3.05) is 5.32 Å². The lowest BCUT2D eigenvalue weighted by Crippen LogP contribution is -2.31. The molecule has 2 nitrogen and oxygen atoms in total. The number of hydrogen-bond donors (Lipinski definition) is 1. The molecule has 1 aliphatic rings. The third kappa shape index (κ3) is 2.40. The first-order valence-corrected chi connectivity index (χ1v) is 6.68. The van der Waals surface area contributed by atoms with Crippen LogP contribution in [-0.4, -0.2) is 11.0 Å². The van der Waals surface area contributed by atoms with Gasteiger partial charge in [-0.25, -0.2) is 4.98 Å². The van der Waals surface area contributed by atoms with E-state index in [-0.39, 0.29) is 0 Å².